The second-order valence-corrected chi connectivity index (χ2v) is 4.23. The minimum Gasteiger partial charge on any atom is -0.465 e. The maximum atomic E-state index is 10.2. The molecule has 1 rings (SSSR count). The van der Waals surface area contributed by atoms with E-state index in [0.29, 0.717) is 18.2 Å². The number of rotatable bonds is 3. The number of hydrogen-bond acceptors (Lipinski definition) is 4. The van der Waals surface area contributed by atoms with Crippen LogP contribution in [0.5, 0.6) is 0 Å². The highest BCUT2D eigenvalue weighted by Gasteiger charge is 2.21. The summed E-state index contributed by atoms with van der Waals surface area (Å²) >= 11 is 0. The van der Waals surface area contributed by atoms with Crippen LogP contribution < -0.4 is 5.32 Å². The molecule has 0 saturated carbocycles. The fraction of sp³-hybridized carbons (Fsp3) is 0.667. The van der Waals surface area contributed by atoms with Crippen LogP contribution in [0, 0.1) is 0 Å². The molecular weight excluding hydrogens is 198 g/mol. The van der Waals surface area contributed by atoms with Crippen molar-refractivity contribution in [3.63, 3.8) is 0 Å². The topological polar surface area (TPSA) is 88.2 Å². The maximum absolute atomic E-state index is 10.2. The predicted molar refractivity (Wildman–Crippen MR) is 52.7 cm³/mol. The highest BCUT2D eigenvalue weighted by molar-refractivity contribution is 5.64. The Morgan fingerprint density at radius 3 is 2.60 bits per heavy atom. The Morgan fingerprint density at radius 2 is 2.13 bits per heavy atom. The van der Waals surface area contributed by atoms with Crippen LogP contribution in [0.3, 0.4) is 0 Å². The van der Waals surface area contributed by atoms with Crippen LogP contribution >= 0.6 is 0 Å². The molecule has 0 aromatic carbocycles. The third-order valence-corrected chi connectivity index (χ3v) is 1.72. The van der Waals surface area contributed by atoms with Crippen molar-refractivity contribution in [2.24, 2.45) is 0 Å². The first kappa shape index (κ1) is 11.5. The maximum Gasteiger partial charge on any atom is 0.404 e. The van der Waals surface area contributed by atoms with Gasteiger partial charge in [-0.25, -0.2) is 4.79 Å². The van der Waals surface area contributed by atoms with Gasteiger partial charge in [0, 0.05) is 18.4 Å². The molecular formula is C9H15N3O3. The molecule has 0 bridgehead atoms. The third kappa shape index (κ3) is 3.57. The average Bonchev–Trinajstić information content (AvgIpc) is 2.51. The third-order valence-electron chi connectivity index (χ3n) is 1.72. The Kier molecular flexibility index (Phi) is 3.28. The minimum absolute atomic E-state index is 0.175. The average molecular weight is 213 g/mol. The fourth-order valence-corrected chi connectivity index (χ4v) is 0.934. The van der Waals surface area contributed by atoms with Gasteiger partial charge in [-0.05, 0) is 0 Å². The number of amides is 1. The molecule has 6 heteroatoms. The molecule has 0 spiro atoms. The molecule has 0 atom stereocenters. The van der Waals surface area contributed by atoms with E-state index in [1.54, 1.807) is 0 Å². The van der Waals surface area contributed by atoms with Crippen molar-refractivity contribution < 1.29 is 14.3 Å². The van der Waals surface area contributed by atoms with E-state index in [2.05, 4.69) is 15.5 Å². The number of nitrogens with one attached hydrogen (secondary N) is 1. The van der Waals surface area contributed by atoms with Crippen molar-refractivity contribution in [2.45, 2.75) is 32.6 Å². The normalized spacial score (nSPS) is 11.4. The largest absolute Gasteiger partial charge is 0.465 e. The highest BCUT2D eigenvalue weighted by Crippen LogP contribution is 2.20. The fourth-order valence-electron chi connectivity index (χ4n) is 0.934. The molecule has 15 heavy (non-hydrogen) atoms. The van der Waals surface area contributed by atoms with Gasteiger partial charge in [0.2, 0.25) is 11.8 Å². The van der Waals surface area contributed by atoms with Crippen molar-refractivity contribution in [3.05, 3.63) is 11.8 Å². The van der Waals surface area contributed by atoms with E-state index in [1.807, 2.05) is 20.8 Å². The molecule has 1 amide bonds. The number of carboxylic acid groups (broad SMARTS) is 1. The van der Waals surface area contributed by atoms with Gasteiger partial charge in [-0.1, -0.05) is 20.8 Å². The van der Waals surface area contributed by atoms with Gasteiger partial charge >= 0.3 is 6.09 Å². The Morgan fingerprint density at radius 1 is 1.47 bits per heavy atom. The van der Waals surface area contributed by atoms with E-state index >= 15 is 0 Å². The Hall–Kier alpha value is -1.59. The van der Waals surface area contributed by atoms with Crippen LogP contribution in [-0.4, -0.2) is 27.9 Å². The van der Waals surface area contributed by atoms with E-state index in [1.165, 1.54) is 0 Å². The molecule has 0 saturated heterocycles. The zero-order valence-corrected chi connectivity index (χ0v) is 9.07. The lowest BCUT2D eigenvalue weighted by Gasteiger charge is -2.10. The zero-order chi connectivity index (χ0) is 11.5. The van der Waals surface area contributed by atoms with E-state index in [-0.39, 0.29) is 12.0 Å². The van der Waals surface area contributed by atoms with Gasteiger partial charge in [0.15, 0.2) is 0 Å². The van der Waals surface area contributed by atoms with Crippen LogP contribution in [-0.2, 0) is 11.8 Å². The lowest BCUT2D eigenvalue weighted by atomic mass is 9.97. The van der Waals surface area contributed by atoms with Crippen molar-refractivity contribution in [1.29, 1.82) is 0 Å². The van der Waals surface area contributed by atoms with Crippen LogP contribution in [0.25, 0.3) is 0 Å². The van der Waals surface area contributed by atoms with Gasteiger partial charge in [-0.2, -0.15) is 0 Å². The monoisotopic (exact) mass is 213 g/mol. The highest BCUT2D eigenvalue weighted by atomic mass is 16.4. The van der Waals surface area contributed by atoms with Crippen molar-refractivity contribution in [2.75, 3.05) is 6.54 Å². The number of carbonyl (C=O) groups is 1. The Labute approximate surface area is 87.7 Å². The first-order valence-corrected chi connectivity index (χ1v) is 4.69. The van der Waals surface area contributed by atoms with Crippen LogP contribution in [0.2, 0.25) is 0 Å². The van der Waals surface area contributed by atoms with E-state index in [9.17, 15) is 4.79 Å². The van der Waals surface area contributed by atoms with Crippen LogP contribution in [0.15, 0.2) is 4.42 Å². The first-order valence-electron chi connectivity index (χ1n) is 4.69. The van der Waals surface area contributed by atoms with Crippen LogP contribution in [0.4, 0.5) is 4.79 Å². The second-order valence-electron chi connectivity index (χ2n) is 4.23. The number of nitrogens with zero attached hydrogens (tertiary/aromatic N) is 2. The molecule has 2 N–H and O–H groups in total. The molecule has 1 aromatic rings. The zero-order valence-electron chi connectivity index (χ0n) is 9.07. The molecule has 1 heterocycles. The summed E-state index contributed by atoms with van der Waals surface area (Å²) in [6.45, 7) is 6.19. The van der Waals surface area contributed by atoms with E-state index in [4.69, 9.17) is 9.52 Å². The van der Waals surface area contributed by atoms with Gasteiger partial charge in [-0.15, -0.1) is 10.2 Å². The van der Waals surface area contributed by atoms with Gasteiger partial charge < -0.3 is 14.8 Å². The summed E-state index contributed by atoms with van der Waals surface area (Å²) in [7, 11) is 0. The molecule has 0 aliphatic rings. The van der Waals surface area contributed by atoms with Crippen LogP contribution in [0.1, 0.15) is 32.6 Å². The summed E-state index contributed by atoms with van der Waals surface area (Å²) in [5.41, 5.74) is -0.175. The van der Waals surface area contributed by atoms with Crippen molar-refractivity contribution in [1.82, 2.24) is 15.5 Å². The van der Waals surface area contributed by atoms with E-state index < -0.39 is 6.09 Å². The first-order chi connectivity index (χ1) is 6.89. The minimum atomic E-state index is -1.05. The molecule has 84 valence electrons. The number of aromatic nitrogens is 2. The van der Waals surface area contributed by atoms with E-state index in [0.717, 1.165) is 0 Å². The molecule has 0 fully saturated rings. The second kappa shape index (κ2) is 4.29. The van der Waals surface area contributed by atoms with Gasteiger partial charge in [0.25, 0.3) is 0 Å². The quantitative estimate of drug-likeness (QED) is 0.787. The standard InChI is InChI=1S/C9H15N3O3/c1-9(2,3)7-12-11-6(15-7)4-5-10-8(13)14/h10H,4-5H2,1-3H3,(H,13,14). The molecule has 0 radical (unpaired) electrons. The predicted octanol–water partition coefficient (Wildman–Crippen LogP) is 1.18. The molecule has 0 aliphatic heterocycles. The Bertz CT molecular complexity index is 341. The summed E-state index contributed by atoms with van der Waals surface area (Å²) < 4.78 is 5.37. The summed E-state index contributed by atoms with van der Waals surface area (Å²) in [5.74, 6) is 1.02. The summed E-state index contributed by atoms with van der Waals surface area (Å²) in [4.78, 5) is 10.2. The molecule has 1 aromatic heterocycles. The molecule has 6 nitrogen and oxygen atoms in total. The van der Waals surface area contributed by atoms with Gasteiger partial charge in [0.1, 0.15) is 0 Å². The Balaban J connectivity index is 2.50. The van der Waals surface area contributed by atoms with Gasteiger partial charge in [0.05, 0.1) is 0 Å². The summed E-state index contributed by atoms with van der Waals surface area (Å²) in [5, 5.41) is 18.3. The lowest BCUT2D eigenvalue weighted by Crippen LogP contribution is -2.23. The summed E-state index contributed by atoms with van der Waals surface area (Å²) in [6.07, 6.45) is -0.638. The lowest BCUT2D eigenvalue weighted by molar-refractivity contribution is 0.194. The van der Waals surface area contributed by atoms with Gasteiger partial charge in [-0.3, -0.25) is 0 Å². The molecule has 0 aliphatic carbocycles. The SMILES string of the molecule is CC(C)(C)c1nnc(CCNC(=O)O)o1. The number of hydrogen-bond donors (Lipinski definition) is 2. The van der Waals surface area contributed by atoms with Crippen molar-refractivity contribution >= 4 is 6.09 Å². The summed E-state index contributed by atoms with van der Waals surface area (Å²) in [6, 6.07) is 0. The molecule has 0 unspecified atom stereocenters. The van der Waals surface area contributed by atoms with Crippen molar-refractivity contribution in [3.8, 4) is 0 Å². The smallest absolute Gasteiger partial charge is 0.404 e.